The molecule has 2 unspecified atom stereocenters. The fourth-order valence-corrected chi connectivity index (χ4v) is 8.22. The Morgan fingerprint density at radius 3 is 1.15 bits per heavy atom. The van der Waals surface area contributed by atoms with Crippen molar-refractivity contribution in [3.8, 4) is 78.7 Å². The fourth-order valence-electron chi connectivity index (χ4n) is 8.22. The summed E-state index contributed by atoms with van der Waals surface area (Å²) in [5, 5.41) is 0. The molecule has 10 rings (SSSR count). The summed E-state index contributed by atoms with van der Waals surface area (Å²) < 4.78 is 0. The third-order valence-corrected chi connectivity index (χ3v) is 11.4. The molecule has 0 radical (unpaired) electrons. The molecule has 0 fully saturated rings. The molecular weight excluding hydrogens is 745 g/mol. The van der Waals surface area contributed by atoms with Gasteiger partial charge in [0.2, 0.25) is 0 Å². The second kappa shape index (κ2) is 16.7. The molecule has 9 aromatic rings. The highest BCUT2D eigenvalue weighted by atomic mass is 15.0. The molecule has 61 heavy (non-hydrogen) atoms. The molecule has 6 nitrogen and oxygen atoms in total. The molecular formula is C55H40N6. The summed E-state index contributed by atoms with van der Waals surface area (Å²) in [7, 11) is 0. The van der Waals surface area contributed by atoms with Crippen LogP contribution in [-0.4, -0.2) is 29.9 Å². The zero-order valence-electron chi connectivity index (χ0n) is 33.5. The van der Waals surface area contributed by atoms with Gasteiger partial charge in [0.25, 0.3) is 0 Å². The highest BCUT2D eigenvalue weighted by Gasteiger charge is 2.24. The summed E-state index contributed by atoms with van der Waals surface area (Å²) in [6.07, 6.45) is 17.8. The van der Waals surface area contributed by atoms with Crippen LogP contribution in [0.5, 0.6) is 0 Å². The second-order valence-corrected chi connectivity index (χ2v) is 15.3. The predicted octanol–water partition coefficient (Wildman–Crippen LogP) is 13.1. The third-order valence-electron chi connectivity index (χ3n) is 11.4. The lowest BCUT2D eigenvalue weighted by Gasteiger charge is -2.27. The molecule has 2 atom stereocenters. The van der Waals surface area contributed by atoms with Crippen LogP contribution in [0.25, 0.3) is 84.2 Å². The maximum Gasteiger partial charge on any atom is 0.164 e. The predicted molar refractivity (Wildman–Crippen MR) is 247 cm³/mol. The van der Waals surface area contributed by atoms with Gasteiger partial charge in [-0.3, -0.25) is 15.0 Å². The zero-order valence-corrected chi connectivity index (χ0v) is 33.5. The zero-order chi connectivity index (χ0) is 41.0. The molecule has 1 aliphatic carbocycles. The minimum atomic E-state index is 0.224. The van der Waals surface area contributed by atoms with Gasteiger partial charge in [-0.2, -0.15) is 0 Å². The first-order valence-electron chi connectivity index (χ1n) is 20.5. The quantitative estimate of drug-likeness (QED) is 0.145. The minimum Gasteiger partial charge on any atom is -0.264 e. The second-order valence-electron chi connectivity index (χ2n) is 15.3. The van der Waals surface area contributed by atoms with Crippen LogP contribution >= 0.6 is 0 Å². The molecule has 6 heteroatoms. The monoisotopic (exact) mass is 784 g/mol. The summed E-state index contributed by atoms with van der Waals surface area (Å²) in [4.78, 5) is 28.7. The van der Waals surface area contributed by atoms with E-state index in [1.165, 1.54) is 11.1 Å². The van der Waals surface area contributed by atoms with E-state index in [0.717, 1.165) is 66.8 Å². The van der Waals surface area contributed by atoms with Crippen LogP contribution in [0.2, 0.25) is 0 Å². The molecule has 0 saturated heterocycles. The fraction of sp³-hybridized carbons (Fsp3) is 0.0545. The van der Waals surface area contributed by atoms with Crippen LogP contribution in [0, 0.1) is 5.92 Å². The van der Waals surface area contributed by atoms with Crippen molar-refractivity contribution in [2.24, 2.45) is 5.92 Å². The normalized spacial score (nSPS) is 14.7. The Morgan fingerprint density at radius 1 is 0.361 bits per heavy atom. The van der Waals surface area contributed by atoms with Gasteiger partial charge in [-0.05, 0) is 105 Å². The Labute approximate surface area is 355 Å². The van der Waals surface area contributed by atoms with Crippen molar-refractivity contribution in [3.63, 3.8) is 0 Å². The van der Waals surface area contributed by atoms with Crippen molar-refractivity contribution in [1.82, 2.24) is 29.9 Å². The first-order valence-corrected chi connectivity index (χ1v) is 20.5. The van der Waals surface area contributed by atoms with E-state index in [4.69, 9.17) is 15.0 Å². The maximum atomic E-state index is 5.21. The molecule has 290 valence electrons. The Balaban J connectivity index is 1.06. The summed E-state index contributed by atoms with van der Waals surface area (Å²) in [6.45, 7) is 2.29. The highest BCUT2D eigenvalue weighted by molar-refractivity contribution is 5.80. The SMILES string of the molecule is CC1C(c2cccc(-c3nc(-c4cccc(-c5cccc(-c6cccnc6)c5)c4)nc(-c4cccc(-c5cccc(-c6cccnc6)c5)c4)n3)c2)=CC=CC1c1cccnc1. The van der Waals surface area contributed by atoms with Crippen LogP contribution in [0.4, 0.5) is 0 Å². The number of hydrogen-bond donors (Lipinski definition) is 0. The molecule has 1 aliphatic rings. The molecule has 0 aliphatic heterocycles. The first kappa shape index (κ1) is 37.3. The smallest absolute Gasteiger partial charge is 0.164 e. The van der Waals surface area contributed by atoms with Crippen LogP contribution in [0.15, 0.2) is 213 Å². The lowest BCUT2D eigenvalue weighted by atomic mass is 9.77. The van der Waals surface area contributed by atoms with Gasteiger partial charge in [0.15, 0.2) is 17.5 Å². The van der Waals surface area contributed by atoms with Gasteiger partial charge in [-0.15, -0.1) is 0 Å². The van der Waals surface area contributed by atoms with Crippen LogP contribution < -0.4 is 0 Å². The van der Waals surface area contributed by atoms with Gasteiger partial charge >= 0.3 is 0 Å². The van der Waals surface area contributed by atoms with Crippen molar-refractivity contribution in [2.75, 3.05) is 0 Å². The number of aromatic nitrogens is 6. The third kappa shape index (κ3) is 7.95. The van der Waals surface area contributed by atoms with E-state index in [0.29, 0.717) is 17.5 Å². The summed E-state index contributed by atoms with van der Waals surface area (Å²) >= 11 is 0. The van der Waals surface area contributed by atoms with Crippen LogP contribution in [0.1, 0.15) is 24.0 Å². The van der Waals surface area contributed by atoms with Crippen LogP contribution in [-0.2, 0) is 0 Å². The Kier molecular flexibility index (Phi) is 10.2. The Hall–Kier alpha value is -7.96. The highest BCUT2D eigenvalue weighted by Crippen LogP contribution is 2.40. The van der Waals surface area contributed by atoms with Gasteiger partial charge in [0.1, 0.15) is 0 Å². The molecule has 0 saturated carbocycles. The van der Waals surface area contributed by atoms with E-state index >= 15 is 0 Å². The largest absolute Gasteiger partial charge is 0.264 e. The topological polar surface area (TPSA) is 77.3 Å². The summed E-state index contributed by atoms with van der Waals surface area (Å²) in [5.41, 5.74) is 15.0. The van der Waals surface area contributed by atoms with Crippen LogP contribution in [0.3, 0.4) is 0 Å². The molecule has 0 amide bonds. The van der Waals surface area contributed by atoms with E-state index in [-0.39, 0.29) is 11.8 Å². The van der Waals surface area contributed by atoms with Gasteiger partial charge in [0, 0.05) is 70.9 Å². The van der Waals surface area contributed by atoms with Crippen molar-refractivity contribution >= 4 is 5.57 Å². The molecule has 0 bridgehead atoms. The average molecular weight is 785 g/mol. The number of nitrogens with zero attached hydrogens (tertiary/aromatic N) is 6. The van der Waals surface area contributed by atoms with E-state index in [9.17, 15) is 0 Å². The van der Waals surface area contributed by atoms with Crippen molar-refractivity contribution in [3.05, 3.63) is 224 Å². The summed E-state index contributed by atoms with van der Waals surface area (Å²) in [5.74, 6) is 2.28. The molecule has 4 aromatic heterocycles. The molecule has 0 spiro atoms. The molecule has 4 heterocycles. The standard InChI is InChI=1S/C55H40N6/c1-37-51(24-7-25-52(37)50-23-10-28-58-36-50)44-17-6-20-47(33-44)55-60-53(45-18-4-13-40(31-45)38-11-2-15-42(29-38)48-21-8-26-56-34-48)59-54(61-55)46-19-5-14-41(32-46)39-12-3-16-43(30-39)49-22-9-27-57-35-49/h2-37,52H,1H3. The number of benzene rings is 5. The number of pyridine rings is 3. The number of rotatable bonds is 9. The van der Waals surface area contributed by atoms with Gasteiger partial charge in [-0.25, -0.2) is 15.0 Å². The van der Waals surface area contributed by atoms with E-state index in [2.05, 4.69) is 180 Å². The van der Waals surface area contributed by atoms with Crippen molar-refractivity contribution in [1.29, 1.82) is 0 Å². The Bertz CT molecular complexity index is 2910. The first-order chi connectivity index (χ1) is 30.1. The van der Waals surface area contributed by atoms with Gasteiger partial charge < -0.3 is 0 Å². The Morgan fingerprint density at radius 2 is 0.721 bits per heavy atom. The number of allylic oxidation sites excluding steroid dienone is 4. The van der Waals surface area contributed by atoms with E-state index in [1.54, 1.807) is 12.4 Å². The van der Waals surface area contributed by atoms with E-state index in [1.807, 2.05) is 43.0 Å². The summed E-state index contributed by atoms with van der Waals surface area (Å²) in [6, 6.07) is 54.8. The van der Waals surface area contributed by atoms with E-state index < -0.39 is 0 Å². The van der Waals surface area contributed by atoms with Gasteiger partial charge in [-0.1, -0.05) is 134 Å². The minimum absolute atomic E-state index is 0.224. The van der Waals surface area contributed by atoms with Crippen molar-refractivity contribution < 1.29 is 0 Å². The molecule has 5 aromatic carbocycles. The van der Waals surface area contributed by atoms with Crippen molar-refractivity contribution in [2.45, 2.75) is 12.8 Å². The molecule has 0 N–H and O–H groups in total. The number of hydrogen-bond acceptors (Lipinski definition) is 6. The lowest BCUT2D eigenvalue weighted by Crippen LogP contribution is -2.12. The average Bonchev–Trinajstić information content (AvgIpc) is 3.35. The lowest BCUT2D eigenvalue weighted by molar-refractivity contribution is 0.651. The van der Waals surface area contributed by atoms with Gasteiger partial charge in [0.05, 0.1) is 0 Å². The maximum absolute atomic E-state index is 5.21.